The number of nitrogens with one attached hydrogen (secondary N) is 1. The number of aromatic amines is 1. The van der Waals surface area contributed by atoms with E-state index in [1.54, 1.807) is 0 Å². The summed E-state index contributed by atoms with van der Waals surface area (Å²) in [5, 5.41) is 5.09. The van der Waals surface area contributed by atoms with Crippen LogP contribution >= 0.6 is 0 Å². The third kappa shape index (κ3) is 1.10. The molecule has 86 valence electrons. The Morgan fingerprint density at radius 3 is 2.61 bits per heavy atom. The second-order valence-corrected chi connectivity index (χ2v) is 4.41. The van der Waals surface area contributed by atoms with Crippen LogP contribution in [0.25, 0.3) is 27.3 Å². The van der Waals surface area contributed by atoms with Gasteiger partial charge in [-0.15, -0.1) is 0 Å². The number of fused-ring (bicyclic) bond motifs is 4. The number of rotatable bonds is 0. The minimum Gasteiger partial charge on any atom is -0.293 e. The Balaban J connectivity index is 2.38. The van der Waals surface area contributed by atoms with Crippen molar-refractivity contribution in [3.8, 4) is 0 Å². The molecule has 3 nitrogen and oxygen atoms in total. The number of aromatic nitrogens is 2. The van der Waals surface area contributed by atoms with Gasteiger partial charge >= 0.3 is 0 Å². The fourth-order valence-corrected chi connectivity index (χ4v) is 2.48. The van der Waals surface area contributed by atoms with Crippen LogP contribution in [0.3, 0.4) is 0 Å². The van der Waals surface area contributed by atoms with Gasteiger partial charge in [0.15, 0.2) is 0 Å². The van der Waals surface area contributed by atoms with Crippen LogP contribution in [0.1, 0.15) is 0 Å². The van der Waals surface area contributed by atoms with E-state index in [2.05, 4.69) is 5.10 Å². The maximum absolute atomic E-state index is 12.4. The molecule has 0 saturated carbocycles. The zero-order valence-corrected chi connectivity index (χ0v) is 9.55. The molecule has 0 radical (unpaired) electrons. The molecule has 1 N–H and O–H groups in total. The number of nitrogens with zero attached hydrogens (tertiary/aromatic N) is 1. The van der Waals surface area contributed by atoms with Crippen LogP contribution in [0.2, 0.25) is 0 Å². The van der Waals surface area contributed by atoms with Crippen molar-refractivity contribution in [2.75, 3.05) is 0 Å². The third-order valence-corrected chi connectivity index (χ3v) is 3.35. The molecule has 0 spiro atoms. The van der Waals surface area contributed by atoms with E-state index < -0.39 is 0 Å². The van der Waals surface area contributed by atoms with Gasteiger partial charge in [0.2, 0.25) is 5.43 Å². The number of para-hydroxylation sites is 2. The molecule has 2 heterocycles. The Kier molecular flexibility index (Phi) is 1.70. The quantitative estimate of drug-likeness (QED) is 0.499. The van der Waals surface area contributed by atoms with E-state index >= 15 is 0 Å². The number of hydrogen-bond acceptors (Lipinski definition) is 1. The average molecular weight is 234 g/mol. The molecule has 0 saturated heterocycles. The fraction of sp³-hybridized carbons (Fsp3) is 0. The van der Waals surface area contributed by atoms with Gasteiger partial charge in [0, 0.05) is 10.8 Å². The lowest BCUT2D eigenvalue weighted by Crippen LogP contribution is -2.07. The van der Waals surface area contributed by atoms with Crippen molar-refractivity contribution in [3.05, 3.63) is 64.8 Å². The lowest BCUT2D eigenvalue weighted by Gasteiger charge is -2.01. The van der Waals surface area contributed by atoms with Gasteiger partial charge in [0.05, 0.1) is 11.0 Å². The normalized spacial score (nSPS) is 11.6. The highest BCUT2D eigenvalue weighted by molar-refractivity contribution is 5.90. The molecule has 2 aromatic heterocycles. The van der Waals surface area contributed by atoms with Crippen LogP contribution in [0.5, 0.6) is 0 Å². The summed E-state index contributed by atoms with van der Waals surface area (Å²) in [5.74, 6) is 0. The van der Waals surface area contributed by atoms with Gasteiger partial charge in [-0.05, 0) is 24.3 Å². The summed E-state index contributed by atoms with van der Waals surface area (Å²) in [7, 11) is 0. The highest BCUT2D eigenvalue weighted by Gasteiger charge is 2.08. The van der Waals surface area contributed by atoms with Crippen LogP contribution in [-0.4, -0.2) is 9.61 Å². The van der Waals surface area contributed by atoms with Crippen molar-refractivity contribution >= 4 is 27.3 Å². The van der Waals surface area contributed by atoms with Crippen LogP contribution in [-0.2, 0) is 0 Å². The van der Waals surface area contributed by atoms with Gasteiger partial charge in [-0.25, -0.2) is 0 Å². The van der Waals surface area contributed by atoms with Crippen LogP contribution < -0.4 is 5.43 Å². The molecule has 18 heavy (non-hydrogen) atoms. The summed E-state index contributed by atoms with van der Waals surface area (Å²) in [5.41, 5.74) is 2.64. The maximum atomic E-state index is 12.4. The topological polar surface area (TPSA) is 37.3 Å². The summed E-state index contributed by atoms with van der Waals surface area (Å²) < 4.78 is 1.86. The molecule has 4 aromatic rings. The first-order chi connectivity index (χ1) is 8.84. The summed E-state index contributed by atoms with van der Waals surface area (Å²) in [6.45, 7) is 0. The second-order valence-electron chi connectivity index (χ2n) is 4.41. The molecular formula is C15H10N2O. The maximum Gasteiger partial charge on any atom is 0.213 e. The van der Waals surface area contributed by atoms with Gasteiger partial charge in [-0.3, -0.25) is 14.4 Å². The van der Waals surface area contributed by atoms with E-state index in [4.69, 9.17) is 0 Å². The van der Waals surface area contributed by atoms with E-state index in [0.29, 0.717) is 5.52 Å². The standard InChI is InChI=1S/C15H10N2O/c18-15-11-6-2-3-7-12(11)16-17-13-8-4-1-5-10(13)9-14(15)17/h1-9,16H. The lowest BCUT2D eigenvalue weighted by atomic mass is 10.2. The number of benzene rings is 2. The van der Waals surface area contributed by atoms with E-state index in [-0.39, 0.29) is 5.43 Å². The predicted molar refractivity (Wildman–Crippen MR) is 73.0 cm³/mol. The fourth-order valence-electron chi connectivity index (χ4n) is 2.48. The van der Waals surface area contributed by atoms with Crippen LogP contribution in [0.15, 0.2) is 59.4 Å². The molecule has 0 aliphatic carbocycles. The highest BCUT2D eigenvalue weighted by Crippen LogP contribution is 2.18. The molecule has 0 aliphatic rings. The molecular weight excluding hydrogens is 224 g/mol. The van der Waals surface area contributed by atoms with E-state index in [9.17, 15) is 4.79 Å². The Morgan fingerprint density at radius 1 is 0.889 bits per heavy atom. The SMILES string of the molecule is O=c1c2ccccc2[nH]n2c1cc1ccccc12. The first-order valence-corrected chi connectivity index (χ1v) is 5.86. The number of hydrogen-bond donors (Lipinski definition) is 1. The Morgan fingerprint density at radius 2 is 1.67 bits per heavy atom. The third-order valence-electron chi connectivity index (χ3n) is 3.35. The Bertz CT molecular complexity index is 947. The van der Waals surface area contributed by atoms with Crippen LogP contribution in [0, 0.1) is 0 Å². The van der Waals surface area contributed by atoms with Crippen molar-refractivity contribution in [3.63, 3.8) is 0 Å². The largest absolute Gasteiger partial charge is 0.293 e. The first kappa shape index (κ1) is 9.48. The molecule has 0 aliphatic heterocycles. The van der Waals surface area contributed by atoms with Gasteiger partial charge in [0.25, 0.3) is 0 Å². The van der Waals surface area contributed by atoms with Crippen molar-refractivity contribution in [1.82, 2.24) is 9.61 Å². The predicted octanol–water partition coefficient (Wildman–Crippen LogP) is 2.93. The van der Waals surface area contributed by atoms with Crippen molar-refractivity contribution < 1.29 is 0 Å². The Hall–Kier alpha value is -2.55. The first-order valence-electron chi connectivity index (χ1n) is 5.86. The smallest absolute Gasteiger partial charge is 0.213 e. The van der Waals surface area contributed by atoms with Crippen LogP contribution in [0.4, 0.5) is 0 Å². The van der Waals surface area contributed by atoms with Crippen molar-refractivity contribution in [2.24, 2.45) is 0 Å². The number of H-pyrrole nitrogens is 1. The summed E-state index contributed by atoms with van der Waals surface area (Å²) in [6.07, 6.45) is 0. The van der Waals surface area contributed by atoms with Gasteiger partial charge in [0.1, 0.15) is 5.52 Å². The molecule has 0 amide bonds. The molecule has 0 atom stereocenters. The molecule has 0 fully saturated rings. The zero-order chi connectivity index (χ0) is 12.1. The summed E-state index contributed by atoms with van der Waals surface area (Å²) >= 11 is 0. The second kappa shape index (κ2) is 3.23. The Labute approximate surface area is 102 Å². The molecule has 4 rings (SSSR count). The molecule has 0 unspecified atom stereocenters. The summed E-state index contributed by atoms with van der Waals surface area (Å²) in [4.78, 5) is 12.4. The lowest BCUT2D eigenvalue weighted by molar-refractivity contribution is 1.01. The minimum atomic E-state index is 0.0700. The van der Waals surface area contributed by atoms with Gasteiger partial charge in [-0.2, -0.15) is 0 Å². The van der Waals surface area contributed by atoms with E-state index in [0.717, 1.165) is 21.8 Å². The van der Waals surface area contributed by atoms with Gasteiger partial charge < -0.3 is 0 Å². The molecule has 2 aromatic carbocycles. The molecule has 3 heteroatoms. The van der Waals surface area contributed by atoms with Crippen molar-refractivity contribution in [1.29, 1.82) is 0 Å². The van der Waals surface area contributed by atoms with Crippen molar-refractivity contribution in [2.45, 2.75) is 0 Å². The zero-order valence-electron chi connectivity index (χ0n) is 9.55. The van der Waals surface area contributed by atoms with Gasteiger partial charge in [-0.1, -0.05) is 30.3 Å². The average Bonchev–Trinajstić information content (AvgIpc) is 2.79. The minimum absolute atomic E-state index is 0.0700. The van der Waals surface area contributed by atoms with E-state index in [1.807, 2.05) is 59.1 Å². The highest BCUT2D eigenvalue weighted by atomic mass is 16.1. The monoisotopic (exact) mass is 234 g/mol. The molecule has 0 bridgehead atoms. The summed E-state index contributed by atoms with van der Waals surface area (Å²) in [6, 6.07) is 17.5. The van der Waals surface area contributed by atoms with E-state index in [1.165, 1.54) is 0 Å².